The summed E-state index contributed by atoms with van der Waals surface area (Å²) in [7, 11) is 0. The Morgan fingerprint density at radius 2 is 2.00 bits per heavy atom. The third-order valence-electron chi connectivity index (χ3n) is 1.82. The number of nitrogens with one attached hydrogen (secondary N) is 3. The monoisotopic (exact) mass is 163 g/mol. The number of carbonyl (C=O) groups excluding carboxylic acids is 1. The fourth-order valence-electron chi connectivity index (χ4n) is 1.14. The van der Waals surface area contributed by atoms with Crippen LogP contribution < -0.4 is 16.4 Å². The third kappa shape index (κ3) is 1.02. The van der Waals surface area contributed by atoms with Crippen LogP contribution in [0.3, 0.4) is 0 Å². The van der Waals surface area contributed by atoms with Crippen molar-refractivity contribution in [1.82, 2.24) is 5.53 Å². The van der Waals surface area contributed by atoms with Crippen LogP contribution in [-0.4, -0.2) is 5.78 Å². The second-order valence-corrected chi connectivity index (χ2v) is 2.69. The number of hydrazine groups is 2. The molecule has 0 unspecified atom stereocenters. The molecule has 0 amide bonds. The normalized spacial score (nSPS) is 13.1. The lowest BCUT2D eigenvalue weighted by Gasteiger charge is -1.98. The Labute approximate surface area is 69.9 Å². The van der Waals surface area contributed by atoms with Crippen molar-refractivity contribution in [3.8, 4) is 0 Å². The quantitative estimate of drug-likeness (QED) is 0.543. The maximum absolute atomic E-state index is 11.0. The van der Waals surface area contributed by atoms with E-state index in [2.05, 4.69) is 16.4 Å². The molecule has 1 aromatic carbocycles. The van der Waals surface area contributed by atoms with Crippen molar-refractivity contribution < 1.29 is 4.79 Å². The van der Waals surface area contributed by atoms with Gasteiger partial charge in [-0.05, 0) is 25.1 Å². The predicted octanol–water partition coefficient (Wildman–Crippen LogP) is 1.15. The Bertz CT molecular complexity index is 335. The van der Waals surface area contributed by atoms with Crippen molar-refractivity contribution >= 4 is 17.2 Å². The number of anilines is 2. The molecule has 0 saturated carbocycles. The summed E-state index contributed by atoms with van der Waals surface area (Å²) in [6, 6.07) is 5.46. The molecule has 62 valence electrons. The van der Waals surface area contributed by atoms with Crippen LogP contribution in [0.4, 0.5) is 11.4 Å². The van der Waals surface area contributed by atoms with E-state index in [4.69, 9.17) is 0 Å². The van der Waals surface area contributed by atoms with Crippen molar-refractivity contribution in [2.75, 3.05) is 10.9 Å². The first-order valence-corrected chi connectivity index (χ1v) is 3.69. The van der Waals surface area contributed by atoms with Gasteiger partial charge in [0.25, 0.3) is 0 Å². The molecule has 1 heterocycles. The fraction of sp³-hybridized carbons (Fsp3) is 0.125. The largest absolute Gasteiger partial charge is 0.302 e. The van der Waals surface area contributed by atoms with Gasteiger partial charge in [-0.3, -0.25) is 4.79 Å². The average molecular weight is 163 g/mol. The maximum atomic E-state index is 11.0. The summed E-state index contributed by atoms with van der Waals surface area (Å²) in [6.45, 7) is 1.55. The molecule has 0 fully saturated rings. The van der Waals surface area contributed by atoms with E-state index in [9.17, 15) is 4.79 Å². The van der Waals surface area contributed by atoms with E-state index in [1.807, 2.05) is 12.1 Å². The van der Waals surface area contributed by atoms with Gasteiger partial charge in [0.2, 0.25) is 0 Å². The lowest BCUT2D eigenvalue weighted by Crippen LogP contribution is -2.19. The highest BCUT2D eigenvalue weighted by Gasteiger charge is 2.09. The molecule has 0 saturated heterocycles. The van der Waals surface area contributed by atoms with Gasteiger partial charge >= 0.3 is 0 Å². The molecule has 0 aliphatic carbocycles. The second kappa shape index (κ2) is 2.49. The highest BCUT2D eigenvalue weighted by atomic mass is 16.1. The standard InChI is InChI=1S/C8H9N3O/c1-5(12)6-2-3-7-8(4-6)10-11-9-7/h2-4,9-11H,1H3. The molecule has 4 heteroatoms. The van der Waals surface area contributed by atoms with Crippen molar-refractivity contribution in [1.29, 1.82) is 0 Å². The Morgan fingerprint density at radius 3 is 2.75 bits per heavy atom. The Morgan fingerprint density at radius 1 is 1.25 bits per heavy atom. The first kappa shape index (κ1) is 7.12. The van der Waals surface area contributed by atoms with Crippen LogP contribution in [0.15, 0.2) is 18.2 Å². The van der Waals surface area contributed by atoms with Gasteiger partial charge in [-0.15, -0.1) is 5.53 Å². The maximum Gasteiger partial charge on any atom is 0.159 e. The van der Waals surface area contributed by atoms with E-state index < -0.39 is 0 Å². The number of hydrogen-bond acceptors (Lipinski definition) is 4. The summed E-state index contributed by atoms with van der Waals surface area (Å²) in [4.78, 5) is 11.0. The highest BCUT2D eigenvalue weighted by Crippen LogP contribution is 2.24. The Hall–Kier alpha value is -1.55. The van der Waals surface area contributed by atoms with E-state index in [1.165, 1.54) is 0 Å². The van der Waals surface area contributed by atoms with Crippen molar-refractivity contribution in [3.63, 3.8) is 0 Å². The molecule has 0 bridgehead atoms. The molecule has 0 atom stereocenters. The molecule has 0 radical (unpaired) electrons. The molecular formula is C8H9N3O. The molecule has 0 spiro atoms. The molecule has 3 N–H and O–H groups in total. The SMILES string of the molecule is CC(=O)c1ccc2c(c1)NNN2. The summed E-state index contributed by atoms with van der Waals surface area (Å²) in [6.07, 6.45) is 0. The zero-order valence-electron chi connectivity index (χ0n) is 6.64. The van der Waals surface area contributed by atoms with Crippen molar-refractivity contribution in [3.05, 3.63) is 23.8 Å². The Kier molecular flexibility index (Phi) is 1.48. The minimum absolute atomic E-state index is 0.0755. The summed E-state index contributed by atoms with van der Waals surface area (Å²) in [5, 5.41) is 0. The molecule has 12 heavy (non-hydrogen) atoms. The van der Waals surface area contributed by atoms with E-state index in [-0.39, 0.29) is 5.78 Å². The van der Waals surface area contributed by atoms with Gasteiger partial charge < -0.3 is 10.9 Å². The van der Waals surface area contributed by atoms with Crippen LogP contribution in [-0.2, 0) is 0 Å². The summed E-state index contributed by atoms with van der Waals surface area (Å²) < 4.78 is 0. The highest BCUT2D eigenvalue weighted by molar-refractivity contribution is 5.96. The van der Waals surface area contributed by atoms with Crippen LogP contribution in [0.1, 0.15) is 17.3 Å². The van der Waals surface area contributed by atoms with Crippen LogP contribution in [0.25, 0.3) is 0 Å². The summed E-state index contributed by atoms with van der Waals surface area (Å²) >= 11 is 0. The number of fused-ring (bicyclic) bond motifs is 1. The molecule has 2 rings (SSSR count). The number of ketones is 1. The second-order valence-electron chi connectivity index (χ2n) is 2.69. The molecule has 1 aliphatic rings. The van der Waals surface area contributed by atoms with Crippen LogP contribution in [0.5, 0.6) is 0 Å². The number of benzene rings is 1. The van der Waals surface area contributed by atoms with Crippen molar-refractivity contribution in [2.24, 2.45) is 0 Å². The van der Waals surface area contributed by atoms with Gasteiger partial charge in [0.15, 0.2) is 5.78 Å². The van der Waals surface area contributed by atoms with E-state index in [0.717, 1.165) is 11.4 Å². The van der Waals surface area contributed by atoms with E-state index in [0.29, 0.717) is 5.56 Å². The predicted molar refractivity (Wildman–Crippen MR) is 46.8 cm³/mol. The number of hydrogen-bond donors (Lipinski definition) is 3. The van der Waals surface area contributed by atoms with Gasteiger partial charge in [-0.2, -0.15) is 0 Å². The van der Waals surface area contributed by atoms with Gasteiger partial charge in [0.05, 0.1) is 11.4 Å². The third-order valence-corrected chi connectivity index (χ3v) is 1.82. The van der Waals surface area contributed by atoms with Gasteiger partial charge in [0, 0.05) is 5.56 Å². The van der Waals surface area contributed by atoms with Gasteiger partial charge in [0.1, 0.15) is 0 Å². The minimum Gasteiger partial charge on any atom is -0.302 e. The number of carbonyl (C=O) groups is 1. The first-order chi connectivity index (χ1) is 5.77. The first-order valence-electron chi connectivity index (χ1n) is 3.69. The van der Waals surface area contributed by atoms with Crippen molar-refractivity contribution in [2.45, 2.75) is 6.92 Å². The lowest BCUT2D eigenvalue weighted by atomic mass is 10.1. The van der Waals surface area contributed by atoms with E-state index in [1.54, 1.807) is 13.0 Å². The smallest absolute Gasteiger partial charge is 0.159 e. The minimum atomic E-state index is 0.0755. The van der Waals surface area contributed by atoms with Gasteiger partial charge in [-0.25, -0.2) is 0 Å². The summed E-state index contributed by atoms with van der Waals surface area (Å²) in [5.74, 6) is 0.0755. The zero-order valence-corrected chi connectivity index (χ0v) is 6.64. The van der Waals surface area contributed by atoms with Crippen LogP contribution in [0, 0.1) is 0 Å². The van der Waals surface area contributed by atoms with Crippen LogP contribution in [0.2, 0.25) is 0 Å². The molecular weight excluding hydrogens is 154 g/mol. The molecule has 4 nitrogen and oxygen atoms in total. The van der Waals surface area contributed by atoms with Gasteiger partial charge in [-0.1, -0.05) is 0 Å². The summed E-state index contributed by atoms with van der Waals surface area (Å²) in [5.41, 5.74) is 11.1. The average Bonchev–Trinajstić information content (AvgIpc) is 2.49. The number of Topliss-reactive ketones (excluding diaryl/α,β-unsaturated/α-hetero) is 1. The van der Waals surface area contributed by atoms with Crippen LogP contribution >= 0.6 is 0 Å². The zero-order chi connectivity index (χ0) is 8.55. The molecule has 1 aromatic rings. The number of rotatable bonds is 1. The topological polar surface area (TPSA) is 53.2 Å². The Balaban J connectivity index is 2.45. The molecule has 1 aliphatic heterocycles. The van der Waals surface area contributed by atoms with E-state index >= 15 is 0 Å². The fourth-order valence-corrected chi connectivity index (χ4v) is 1.14. The molecule has 0 aromatic heterocycles. The lowest BCUT2D eigenvalue weighted by molar-refractivity contribution is 0.101.